The SMILES string of the molecule is Cc1cccc(C#Cc2c(C)cccc2C)c1. The second kappa shape index (κ2) is 4.89. The van der Waals surface area contributed by atoms with Gasteiger partial charge in [-0.05, 0) is 49.6 Å². The summed E-state index contributed by atoms with van der Waals surface area (Å²) in [6, 6.07) is 14.6. The largest absolute Gasteiger partial charge is 0.0617 e. The predicted octanol–water partition coefficient (Wildman–Crippen LogP) is 4.01. The molecule has 0 saturated heterocycles. The van der Waals surface area contributed by atoms with Gasteiger partial charge >= 0.3 is 0 Å². The molecule has 0 heteroatoms. The number of benzene rings is 2. The fourth-order valence-corrected chi connectivity index (χ4v) is 1.87. The molecule has 84 valence electrons. The average Bonchev–Trinajstić information content (AvgIpc) is 2.28. The topological polar surface area (TPSA) is 0 Å². The van der Waals surface area contributed by atoms with Crippen LogP contribution in [0.5, 0.6) is 0 Å². The summed E-state index contributed by atoms with van der Waals surface area (Å²) >= 11 is 0. The summed E-state index contributed by atoms with van der Waals surface area (Å²) < 4.78 is 0. The highest BCUT2D eigenvalue weighted by Crippen LogP contribution is 2.12. The fraction of sp³-hybridized carbons (Fsp3) is 0.176. The van der Waals surface area contributed by atoms with Gasteiger partial charge in [0, 0.05) is 11.1 Å². The van der Waals surface area contributed by atoms with Crippen LogP contribution in [0.3, 0.4) is 0 Å². The Hall–Kier alpha value is -2.00. The number of rotatable bonds is 0. The Morgan fingerprint density at radius 3 is 2.06 bits per heavy atom. The molecule has 0 fully saturated rings. The third-order valence-corrected chi connectivity index (χ3v) is 2.83. The molecule has 2 aromatic carbocycles. The van der Waals surface area contributed by atoms with E-state index >= 15 is 0 Å². The van der Waals surface area contributed by atoms with E-state index in [0.717, 1.165) is 11.1 Å². The molecule has 0 amide bonds. The first kappa shape index (κ1) is 11.5. The van der Waals surface area contributed by atoms with E-state index in [9.17, 15) is 0 Å². The van der Waals surface area contributed by atoms with Crippen LogP contribution in [0, 0.1) is 32.6 Å². The van der Waals surface area contributed by atoms with Gasteiger partial charge in [0.1, 0.15) is 0 Å². The smallest absolute Gasteiger partial charge is 0.0307 e. The second-order valence-corrected chi connectivity index (χ2v) is 4.39. The highest BCUT2D eigenvalue weighted by Gasteiger charge is 1.97. The number of hydrogen-bond acceptors (Lipinski definition) is 0. The molecular formula is C17H16. The zero-order chi connectivity index (χ0) is 12.3. The molecule has 0 aromatic heterocycles. The number of hydrogen-bond donors (Lipinski definition) is 0. The maximum absolute atomic E-state index is 3.27. The molecule has 0 aliphatic rings. The molecule has 0 N–H and O–H groups in total. The van der Waals surface area contributed by atoms with Gasteiger partial charge in [-0.1, -0.05) is 42.2 Å². The van der Waals surface area contributed by atoms with Gasteiger partial charge in [0.15, 0.2) is 0 Å². The Bertz CT molecular complexity index is 575. The molecule has 0 bridgehead atoms. The van der Waals surface area contributed by atoms with Crippen molar-refractivity contribution in [2.24, 2.45) is 0 Å². The van der Waals surface area contributed by atoms with Gasteiger partial charge in [-0.2, -0.15) is 0 Å². The molecule has 0 nitrogen and oxygen atoms in total. The average molecular weight is 220 g/mol. The van der Waals surface area contributed by atoms with Crippen molar-refractivity contribution in [3.63, 3.8) is 0 Å². The molecule has 0 atom stereocenters. The molecule has 0 aliphatic carbocycles. The normalized spacial score (nSPS) is 9.59. The Labute approximate surface area is 103 Å². The first-order valence-corrected chi connectivity index (χ1v) is 5.82. The molecule has 2 aromatic rings. The van der Waals surface area contributed by atoms with E-state index in [-0.39, 0.29) is 0 Å². The summed E-state index contributed by atoms with van der Waals surface area (Å²) in [7, 11) is 0. The van der Waals surface area contributed by atoms with Gasteiger partial charge in [-0.3, -0.25) is 0 Å². The van der Waals surface area contributed by atoms with Gasteiger partial charge in [0.05, 0.1) is 0 Å². The van der Waals surface area contributed by atoms with Crippen molar-refractivity contribution in [1.82, 2.24) is 0 Å². The van der Waals surface area contributed by atoms with Crippen molar-refractivity contribution < 1.29 is 0 Å². The predicted molar refractivity (Wildman–Crippen MR) is 73.1 cm³/mol. The molecule has 0 spiro atoms. The summed E-state index contributed by atoms with van der Waals surface area (Å²) in [5.41, 5.74) is 5.95. The lowest BCUT2D eigenvalue weighted by atomic mass is 10.0. The number of aryl methyl sites for hydroxylation is 3. The van der Waals surface area contributed by atoms with Gasteiger partial charge in [-0.25, -0.2) is 0 Å². The minimum Gasteiger partial charge on any atom is -0.0617 e. The van der Waals surface area contributed by atoms with Gasteiger partial charge < -0.3 is 0 Å². The standard InChI is InChI=1S/C17H16/c1-13-6-4-9-16(12-13)10-11-17-14(2)7-5-8-15(17)3/h4-9,12H,1-3H3. The zero-order valence-electron chi connectivity index (χ0n) is 10.5. The highest BCUT2D eigenvalue weighted by atomic mass is 14.0. The summed E-state index contributed by atoms with van der Waals surface area (Å²) in [6.07, 6.45) is 0. The zero-order valence-corrected chi connectivity index (χ0v) is 10.5. The minimum absolute atomic E-state index is 1.08. The monoisotopic (exact) mass is 220 g/mol. The van der Waals surface area contributed by atoms with Crippen molar-refractivity contribution in [2.45, 2.75) is 20.8 Å². The van der Waals surface area contributed by atoms with Gasteiger partial charge in [0.2, 0.25) is 0 Å². The van der Waals surface area contributed by atoms with E-state index in [1.165, 1.54) is 16.7 Å². The lowest BCUT2D eigenvalue weighted by Crippen LogP contribution is -1.86. The van der Waals surface area contributed by atoms with Crippen LogP contribution in [-0.2, 0) is 0 Å². The fourth-order valence-electron chi connectivity index (χ4n) is 1.87. The van der Waals surface area contributed by atoms with E-state index in [2.05, 4.69) is 62.9 Å². The third-order valence-electron chi connectivity index (χ3n) is 2.83. The summed E-state index contributed by atoms with van der Waals surface area (Å²) in [5, 5.41) is 0. The van der Waals surface area contributed by atoms with Crippen LogP contribution < -0.4 is 0 Å². The molecule has 17 heavy (non-hydrogen) atoms. The Kier molecular flexibility index (Phi) is 3.30. The molecule has 0 heterocycles. The summed E-state index contributed by atoms with van der Waals surface area (Å²) in [4.78, 5) is 0. The first-order chi connectivity index (χ1) is 8.16. The van der Waals surface area contributed by atoms with Crippen molar-refractivity contribution in [3.8, 4) is 11.8 Å². The molecule has 2 rings (SSSR count). The van der Waals surface area contributed by atoms with Crippen molar-refractivity contribution in [1.29, 1.82) is 0 Å². The van der Waals surface area contributed by atoms with Crippen LogP contribution in [0.2, 0.25) is 0 Å². The Morgan fingerprint density at radius 2 is 1.41 bits per heavy atom. The highest BCUT2D eigenvalue weighted by molar-refractivity contribution is 5.50. The third kappa shape index (κ3) is 2.77. The van der Waals surface area contributed by atoms with E-state index in [1.807, 2.05) is 12.1 Å². The minimum atomic E-state index is 1.08. The van der Waals surface area contributed by atoms with Crippen LogP contribution >= 0.6 is 0 Å². The van der Waals surface area contributed by atoms with Crippen LogP contribution in [0.25, 0.3) is 0 Å². The Morgan fingerprint density at radius 1 is 0.765 bits per heavy atom. The maximum atomic E-state index is 3.27. The summed E-state index contributed by atoms with van der Waals surface area (Å²) in [6.45, 7) is 6.30. The summed E-state index contributed by atoms with van der Waals surface area (Å²) in [5.74, 6) is 6.51. The van der Waals surface area contributed by atoms with Crippen molar-refractivity contribution in [2.75, 3.05) is 0 Å². The van der Waals surface area contributed by atoms with E-state index in [4.69, 9.17) is 0 Å². The Balaban J connectivity index is 2.40. The second-order valence-electron chi connectivity index (χ2n) is 4.39. The molecular weight excluding hydrogens is 204 g/mol. The first-order valence-electron chi connectivity index (χ1n) is 5.82. The van der Waals surface area contributed by atoms with Crippen molar-refractivity contribution in [3.05, 3.63) is 70.3 Å². The lowest BCUT2D eigenvalue weighted by molar-refractivity contribution is 1.35. The van der Waals surface area contributed by atoms with Crippen LogP contribution in [-0.4, -0.2) is 0 Å². The van der Waals surface area contributed by atoms with E-state index < -0.39 is 0 Å². The molecule has 0 radical (unpaired) electrons. The lowest BCUT2D eigenvalue weighted by Gasteiger charge is -2.01. The van der Waals surface area contributed by atoms with Crippen LogP contribution in [0.1, 0.15) is 27.8 Å². The van der Waals surface area contributed by atoms with E-state index in [0.29, 0.717) is 0 Å². The molecule has 0 unspecified atom stereocenters. The van der Waals surface area contributed by atoms with Crippen LogP contribution in [0.15, 0.2) is 42.5 Å². The van der Waals surface area contributed by atoms with E-state index in [1.54, 1.807) is 0 Å². The quantitative estimate of drug-likeness (QED) is 0.588. The van der Waals surface area contributed by atoms with Gasteiger partial charge in [-0.15, -0.1) is 0 Å². The van der Waals surface area contributed by atoms with Crippen molar-refractivity contribution >= 4 is 0 Å². The molecule has 0 aliphatic heterocycles. The van der Waals surface area contributed by atoms with Gasteiger partial charge in [0.25, 0.3) is 0 Å². The van der Waals surface area contributed by atoms with Crippen LogP contribution in [0.4, 0.5) is 0 Å². The maximum Gasteiger partial charge on any atom is 0.0307 e. The molecule has 0 saturated carbocycles.